The van der Waals surface area contributed by atoms with Crippen molar-refractivity contribution in [1.29, 1.82) is 0 Å². The molecule has 1 fully saturated rings. The van der Waals surface area contributed by atoms with Gasteiger partial charge in [-0.3, -0.25) is 0 Å². The summed E-state index contributed by atoms with van der Waals surface area (Å²) in [5.74, 6) is 0. The highest BCUT2D eigenvalue weighted by atomic mass is 79.9. The van der Waals surface area contributed by atoms with E-state index in [0.717, 1.165) is 21.2 Å². The van der Waals surface area contributed by atoms with Crippen molar-refractivity contribution in [3.63, 3.8) is 0 Å². The van der Waals surface area contributed by atoms with Crippen LogP contribution in [-0.4, -0.2) is 6.54 Å². The molecule has 0 aliphatic carbocycles. The van der Waals surface area contributed by atoms with Crippen LogP contribution < -0.4 is 11.1 Å². The summed E-state index contributed by atoms with van der Waals surface area (Å²) in [6, 6.07) is 4.50. The van der Waals surface area contributed by atoms with Gasteiger partial charge in [0.2, 0.25) is 0 Å². The second-order valence-corrected chi connectivity index (χ2v) is 5.31. The second kappa shape index (κ2) is 4.21. The van der Waals surface area contributed by atoms with Gasteiger partial charge in [0.1, 0.15) is 0 Å². The zero-order valence-electron chi connectivity index (χ0n) is 7.69. The minimum absolute atomic E-state index is 0.420. The topological polar surface area (TPSA) is 38.0 Å². The fourth-order valence-corrected chi connectivity index (χ4v) is 3.10. The van der Waals surface area contributed by atoms with Crippen molar-refractivity contribution in [3.8, 4) is 0 Å². The van der Waals surface area contributed by atoms with Crippen molar-refractivity contribution in [2.45, 2.75) is 18.9 Å². The standard InChI is InChI=1S/C10H12Br2N2/c11-6-4-7(9-2-1-3-14-9)10(13)8(12)5-6/h4-5,9,14H,1-3,13H2/t9-/m0/s1. The van der Waals surface area contributed by atoms with Gasteiger partial charge in [-0.2, -0.15) is 0 Å². The third-order valence-electron chi connectivity index (χ3n) is 2.56. The van der Waals surface area contributed by atoms with Gasteiger partial charge in [0.05, 0.1) is 5.69 Å². The minimum Gasteiger partial charge on any atom is -0.398 e. The van der Waals surface area contributed by atoms with E-state index < -0.39 is 0 Å². The van der Waals surface area contributed by atoms with Crippen LogP contribution >= 0.6 is 31.9 Å². The molecule has 0 saturated carbocycles. The summed E-state index contributed by atoms with van der Waals surface area (Å²) in [4.78, 5) is 0. The number of halogens is 2. The van der Waals surface area contributed by atoms with E-state index in [1.54, 1.807) is 0 Å². The Balaban J connectivity index is 2.40. The molecule has 0 radical (unpaired) electrons. The fourth-order valence-electron chi connectivity index (χ4n) is 1.84. The molecule has 1 aromatic rings. The summed E-state index contributed by atoms with van der Waals surface area (Å²) < 4.78 is 2.04. The van der Waals surface area contributed by atoms with Gasteiger partial charge in [-0.1, -0.05) is 15.9 Å². The van der Waals surface area contributed by atoms with Gasteiger partial charge in [0, 0.05) is 15.0 Å². The van der Waals surface area contributed by atoms with Crippen molar-refractivity contribution < 1.29 is 0 Å². The predicted molar refractivity (Wildman–Crippen MR) is 66.2 cm³/mol. The first-order chi connectivity index (χ1) is 6.68. The summed E-state index contributed by atoms with van der Waals surface area (Å²) in [6.07, 6.45) is 2.40. The van der Waals surface area contributed by atoms with Crippen LogP contribution in [0.15, 0.2) is 21.1 Å². The molecule has 0 amide bonds. The predicted octanol–water partition coefficient (Wildman–Crippen LogP) is 3.22. The highest BCUT2D eigenvalue weighted by molar-refractivity contribution is 9.11. The van der Waals surface area contributed by atoms with Crippen LogP contribution in [0.2, 0.25) is 0 Å². The highest BCUT2D eigenvalue weighted by Crippen LogP contribution is 2.35. The van der Waals surface area contributed by atoms with Crippen molar-refractivity contribution in [2.24, 2.45) is 0 Å². The van der Waals surface area contributed by atoms with Gasteiger partial charge in [0.15, 0.2) is 0 Å². The molecular weight excluding hydrogens is 308 g/mol. The third kappa shape index (κ3) is 1.97. The Labute approximate surface area is 101 Å². The highest BCUT2D eigenvalue weighted by Gasteiger charge is 2.19. The Kier molecular flexibility index (Phi) is 3.14. The fraction of sp³-hybridized carbons (Fsp3) is 0.400. The van der Waals surface area contributed by atoms with Crippen LogP contribution in [-0.2, 0) is 0 Å². The maximum Gasteiger partial charge on any atom is 0.0507 e. The minimum atomic E-state index is 0.420. The molecule has 3 N–H and O–H groups in total. The summed E-state index contributed by atoms with van der Waals surface area (Å²) in [6.45, 7) is 1.09. The first-order valence-electron chi connectivity index (χ1n) is 4.66. The van der Waals surface area contributed by atoms with Crippen LogP contribution in [0.4, 0.5) is 5.69 Å². The van der Waals surface area contributed by atoms with Crippen molar-refractivity contribution in [3.05, 3.63) is 26.6 Å². The zero-order valence-corrected chi connectivity index (χ0v) is 10.9. The summed E-state index contributed by atoms with van der Waals surface area (Å²) in [7, 11) is 0. The second-order valence-electron chi connectivity index (χ2n) is 3.54. The summed E-state index contributed by atoms with van der Waals surface area (Å²) >= 11 is 6.94. The lowest BCUT2D eigenvalue weighted by atomic mass is 10.0. The van der Waals surface area contributed by atoms with E-state index in [1.807, 2.05) is 6.07 Å². The van der Waals surface area contributed by atoms with Gasteiger partial charge < -0.3 is 11.1 Å². The van der Waals surface area contributed by atoms with Gasteiger partial charge in [0.25, 0.3) is 0 Å². The number of hydrogen-bond donors (Lipinski definition) is 2. The molecule has 4 heteroatoms. The van der Waals surface area contributed by atoms with E-state index in [2.05, 4.69) is 43.2 Å². The summed E-state index contributed by atoms with van der Waals surface area (Å²) in [5.41, 5.74) is 8.08. The van der Waals surface area contributed by atoms with Crippen molar-refractivity contribution in [1.82, 2.24) is 5.32 Å². The Morgan fingerprint density at radius 1 is 1.36 bits per heavy atom. The first-order valence-corrected chi connectivity index (χ1v) is 6.25. The third-order valence-corrected chi connectivity index (χ3v) is 3.68. The summed E-state index contributed by atoms with van der Waals surface area (Å²) in [5, 5.41) is 3.45. The molecule has 1 atom stereocenters. The van der Waals surface area contributed by atoms with Gasteiger partial charge >= 0.3 is 0 Å². The van der Waals surface area contributed by atoms with E-state index in [0.29, 0.717) is 6.04 Å². The molecule has 2 nitrogen and oxygen atoms in total. The van der Waals surface area contributed by atoms with Crippen LogP contribution in [0.5, 0.6) is 0 Å². The van der Waals surface area contributed by atoms with Crippen LogP contribution in [0.25, 0.3) is 0 Å². The van der Waals surface area contributed by atoms with Gasteiger partial charge in [-0.25, -0.2) is 0 Å². The number of anilines is 1. The molecule has 14 heavy (non-hydrogen) atoms. The molecular formula is C10H12Br2N2. The molecule has 76 valence electrons. The van der Waals surface area contributed by atoms with Crippen molar-refractivity contribution >= 4 is 37.5 Å². The Bertz CT molecular complexity index is 346. The number of nitrogens with one attached hydrogen (secondary N) is 1. The molecule has 0 spiro atoms. The van der Waals surface area contributed by atoms with Crippen LogP contribution in [0, 0.1) is 0 Å². The number of rotatable bonds is 1. The molecule has 1 aliphatic rings. The lowest BCUT2D eigenvalue weighted by Gasteiger charge is -2.15. The molecule has 0 bridgehead atoms. The zero-order chi connectivity index (χ0) is 10.1. The Hall–Kier alpha value is -0.0600. The van der Waals surface area contributed by atoms with E-state index >= 15 is 0 Å². The number of benzene rings is 1. The first kappa shape index (κ1) is 10.5. The molecule has 1 aromatic carbocycles. The van der Waals surface area contributed by atoms with Gasteiger partial charge in [-0.15, -0.1) is 0 Å². The van der Waals surface area contributed by atoms with E-state index in [-0.39, 0.29) is 0 Å². The Morgan fingerprint density at radius 3 is 2.79 bits per heavy atom. The smallest absolute Gasteiger partial charge is 0.0507 e. The Morgan fingerprint density at radius 2 is 2.14 bits per heavy atom. The lowest BCUT2D eigenvalue weighted by Crippen LogP contribution is -2.14. The SMILES string of the molecule is Nc1c(Br)cc(Br)cc1[C@@H]1CCCN1. The molecule has 0 aromatic heterocycles. The number of nitrogens with two attached hydrogens (primary N) is 1. The largest absolute Gasteiger partial charge is 0.398 e. The number of hydrogen-bond acceptors (Lipinski definition) is 2. The molecule has 1 saturated heterocycles. The van der Waals surface area contributed by atoms with E-state index in [9.17, 15) is 0 Å². The molecule has 1 aliphatic heterocycles. The quantitative estimate of drug-likeness (QED) is 0.780. The van der Waals surface area contributed by atoms with E-state index in [1.165, 1.54) is 18.4 Å². The maximum absolute atomic E-state index is 6.02. The average molecular weight is 320 g/mol. The van der Waals surface area contributed by atoms with E-state index in [4.69, 9.17) is 5.73 Å². The monoisotopic (exact) mass is 318 g/mol. The number of nitrogen functional groups attached to an aromatic ring is 1. The van der Waals surface area contributed by atoms with Crippen molar-refractivity contribution in [2.75, 3.05) is 12.3 Å². The molecule has 0 unspecified atom stereocenters. The van der Waals surface area contributed by atoms with Crippen LogP contribution in [0.3, 0.4) is 0 Å². The van der Waals surface area contributed by atoms with Gasteiger partial charge in [-0.05, 0) is 53.0 Å². The molecule has 2 rings (SSSR count). The maximum atomic E-state index is 6.02. The molecule has 1 heterocycles. The normalized spacial score (nSPS) is 21.4. The lowest BCUT2D eigenvalue weighted by molar-refractivity contribution is 0.649. The average Bonchev–Trinajstić information content (AvgIpc) is 2.63. The van der Waals surface area contributed by atoms with Crippen LogP contribution in [0.1, 0.15) is 24.4 Å².